The van der Waals surface area contributed by atoms with E-state index in [-0.39, 0.29) is 19.6 Å². The smallest absolute Gasteiger partial charge is 0.338 e. The van der Waals surface area contributed by atoms with Crippen LogP contribution in [-0.2, 0) is 17.8 Å². The van der Waals surface area contributed by atoms with Crippen molar-refractivity contribution < 1.29 is 9.53 Å². The lowest BCUT2D eigenvalue weighted by molar-refractivity contribution is 0.0256. The van der Waals surface area contributed by atoms with Crippen LogP contribution in [0.3, 0.4) is 0 Å². The molecule has 8 nitrogen and oxygen atoms in total. The van der Waals surface area contributed by atoms with E-state index in [2.05, 4.69) is 10.2 Å². The van der Waals surface area contributed by atoms with Crippen LogP contribution < -0.4 is 16.6 Å². The van der Waals surface area contributed by atoms with Crippen LogP contribution in [0.25, 0.3) is 0 Å². The SMILES string of the molecule is O=C(OC(CNc1cc(=O)n(Cc2ccccc2)c(=O)n1Cc1ccccc1)CN1CCCC1)c1ccccc1. The van der Waals surface area contributed by atoms with Crippen LogP contribution in [-0.4, -0.2) is 52.3 Å². The van der Waals surface area contributed by atoms with E-state index < -0.39 is 23.3 Å². The molecule has 5 rings (SSSR count). The molecule has 40 heavy (non-hydrogen) atoms. The zero-order valence-electron chi connectivity index (χ0n) is 22.4. The van der Waals surface area contributed by atoms with E-state index in [9.17, 15) is 14.4 Å². The van der Waals surface area contributed by atoms with Crippen LogP contribution in [0.5, 0.6) is 0 Å². The Labute approximate surface area is 233 Å². The summed E-state index contributed by atoms with van der Waals surface area (Å²) < 4.78 is 8.75. The minimum Gasteiger partial charge on any atom is -0.456 e. The number of esters is 1. The molecule has 206 valence electrons. The second kappa shape index (κ2) is 13.1. The van der Waals surface area contributed by atoms with Gasteiger partial charge in [0, 0.05) is 12.6 Å². The molecule has 1 aliphatic rings. The van der Waals surface area contributed by atoms with Gasteiger partial charge in [-0.25, -0.2) is 9.59 Å². The van der Waals surface area contributed by atoms with E-state index in [1.54, 1.807) is 28.8 Å². The van der Waals surface area contributed by atoms with Gasteiger partial charge in [-0.2, -0.15) is 0 Å². The molecule has 1 fully saturated rings. The summed E-state index contributed by atoms with van der Waals surface area (Å²) >= 11 is 0. The predicted molar refractivity (Wildman–Crippen MR) is 156 cm³/mol. The number of carbonyl (C=O) groups is 1. The Kier molecular flexibility index (Phi) is 8.88. The van der Waals surface area contributed by atoms with Crippen LogP contribution >= 0.6 is 0 Å². The number of aromatic nitrogens is 2. The quantitative estimate of drug-likeness (QED) is 0.292. The number of hydrogen-bond acceptors (Lipinski definition) is 6. The molecule has 8 heteroatoms. The fourth-order valence-corrected chi connectivity index (χ4v) is 5.00. The Morgan fingerprint density at radius 2 is 1.32 bits per heavy atom. The van der Waals surface area contributed by atoms with Crippen molar-refractivity contribution in [3.05, 3.63) is 135 Å². The Bertz CT molecular complexity index is 1510. The first-order valence-electron chi connectivity index (χ1n) is 13.7. The third kappa shape index (κ3) is 6.95. The monoisotopic (exact) mass is 538 g/mol. The highest BCUT2D eigenvalue weighted by Crippen LogP contribution is 2.13. The van der Waals surface area contributed by atoms with E-state index in [0.29, 0.717) is 17.9 Å². The highest BCUT2D eigenvalue weighted by Gasteiger charge is 2.22. The number of carbonyl (C=O) groups excluding carboxylic acids is 1. The first kappa shape index (κ1) is 27.1. The largest absolute Gasteiger partial charge is 0.456 e. The number of rotatable bonds is 11. The van der Waals surface area contributed by atoms with Crippen molar-refractivity contribution >= 4 is 11.8 Å². The van der Waals surface area contributed by atoms with E-state index in [4.69, 9.17) is 4.74 Å². The second-order valence-electron chi connectivity index (χ2n) is 10.1. The fraction of sp³-hybridized carbons (Fsp3) is 0.281. The maximum atomic E-state index is 13.7. The maximum absolute atomic E-state index is 13.7. The predicted octanol–water partition coefficient (Wildman–Crippen LogP) is 3.84. The van der Waals surface area contributed by atoms with Gasteiger partial charge < -0.3 is 10.1 Å². The summed E-state index contributed by atoms with van der Waals surface area (Å²) in [6, 6.07) is 29.5. The van der Waals surface area contributed by atoms with Gasteiger partial charge >= 0.3 is 11.7 Å². The summed E-state index contributed by atoms with van der Waals surface area (Å²) in [5, 5.41) is 3.28. The van der Waals surface area contributed by atoms with Crippen molar-refractivity contribution in [2.75, 3.05) is 31.5 Å². The molecule has 1 aromatic heterocycles. The maximum Gasteiger partial charge on any atom is 0.338 e. The van der Waals surface area contributed by atoms with E-state index >= 15 is 0 Å². The summed E-state index contributed by atoms with van der Waals surface area (Å²) in [6.45, 7) is 3.20. The van der Waals surface area contributed by atoms with Crippen molar-refractivity contribution in [1.82, 2.24) is 14.0 Å². The lowest BCUT2D eigenvalue weighted by Gasteiger charge is -2.25. The first-order valence-corrected chi connectivity index (χ1v) is 13.7. The van der Waals surface area contributed by atoms with E-state index in [1.807, 2.05) is 66.7 Å². The average Bonchev–Trinajstić information content (AvgIpc) is 3.50. The van der Waals surface area contributed by atoms with Gasteiger partial charge in [0.15, 0.2) is 0 Å². The van der Waals surface area contributed by atoms with Gasteiger partial charge in [-0.3, -0.25) is 18.8 Å². The number of ether oxygens (including phenoxy) is 1. The van der Waals surface area contributed by atoms with Gasteiger partial charge in [0.1, 0.15) is 11.9 Å². The summed E-state index contributed by atoms with van der Waals surface area (Å²) in [5.74, 6) is -0.00287. The molecular weight excluding hydrogens is 504 g/mol. The molecule has 1 unspecified atom stereocenters. The number of nitrogens with one attached hydrogen (secondary N) is 1. The molecule has 3 aromatic carbocycles. The number of benzene rings is 3. The second-order valence-corrected chi connectivity index (χ2v) is 10.1. The Morgan fingerprint density at radius 3 is 1.93 bits per heavy atom. The normalized spacial score (nSPS) is 14.1. The van der Waals surface area contributed by atoms with Gasteiger partial charge in [0.25, 0.3) is 5.56 Å². The zero-order chi connectivity index (χ0) is 27.7. The standard InChI is InChI=1S/C32H34N4O4/c37-30-20-29(33-21-28(24-34-18-10-11-19-34)40-31(38)27-16-8-3-9-17-27)35(22-25-12-4-1-5-13-25)32(39)36(30)23-26-14-6-2-7-15-26/h1-9,12-17,20,28,33H,10-11,18-19,21-24H2. The van der Waals surface area contributed by atoms with Crippen LogP contribution in [0, 0.1) is 0 Å². The average molecular weight is 539 g/mol. The van der Waals surface area contributed by atoms with Gasteiger partial charge in [-0.15, -0.1) is 0 Å². The Morgan fingerprint density at radius 1 is 0.775 bits per heavy atom. The summed E-state index contributed by atoms with van der Waals surface area (Å²) in [6.07, 6.45) is 1.75. The van der Waals surface area contributed by atoms with E-state index in [0.717, 1.165) is 37.1 Å². The number of nitrogens with zero attached hydrogens (tertiary/aromatic N) is 3. The molecule has 1 N–H and O–H groups in total. The minimum absolute atomic E-state index is 0.180. The Balaban J connectivity index is 1.42. The zero-order valence-corrected chi connectivity index (χ0v) is 22.4. The van der Waals surface area contributed by atoms with Gasteiger partial charge in [-0.1, -0.05) is 78.9 Å². The van der Waals surface area contributed by atoms with Crippen molar-refractivity contribution in [3.63, 3.8) is 0 Å². The minimum atomic E-state index is -0.474. The van der Waals surface area contributed by atoms with Crippen molar-refractivity contribution in [1.29, 1.82) is 0 Å². The summed E-state index contributed by atoms with van der Waals surface area (Å²) in [4.78, 5) is 42.0. The molecule has 0 radical (unpaired) electrons. The highest BCUT2D eigenvalue weighted by atomic mass is 16.5. The number of hydrogen-bond donors (Lipinski definition) is 1. The van der Waals surface area contributed by atoms with E-state index in [1.165, 1.54) is 10.6 Å². The lowest BCUT2D eigenvalue weighted by Crippen LogP contribution is -2.42. The van der Waals surface area contributed by atoms with Crippen molar-refractivity contribution in [2.24, 2.45) is 0 Å². The third-order valence-corrected chi connectivity index (χ3v) is 7.10. The molecule has 4 aromatic rings. The topological polar surface area (TPSA) is 85.6 Å². The molecule has 0 aliphatic carbocycles. The number of likely N-dealkylation sites (tertiary alicyclic amines) is 1. The molecule has 0 saturated carbocycles. The molecular formula is C32H34N4O4. The summed E-state index contributed by atoms with van der Waals surface area (Å²) in [5.41, 5.74) is 1.49. The third-order valence-electron chi connectivity index (χ3n) is 7.10. The van der Waals surface area contributed by atoms with Gasteiger partial charge in [0.05, 0.1) is 25.2 Å². The first-order chi connectivity index (χ1) is 19.6. The van der Waals surface area contributed by atoms with Crippen molar-refractivity contribution in [3.8, 4) is 0 Å². The molecule has 0 spiro atoms. The van der Waals surface area contributed by atoms with Crippen LogP contribution in [0.15, 0.2) is 107 Å². The Hall–Kier alpha value is -4.43. The fourth-order valence-electron chi connectivity index (χ4n) is 5.00. The molecule has 0 amide bonds. The van der Waals surface area contributed by atoms with Crippen molar-refractivity contribution in [2.45, 2.75) is 32.0 Å². The number of anilines is 1. The lowest BCUT2D eigenvalue weighted by atomic mass is 10.2. The highest BCUT2D eigenvalue weighted by molar-refractivity contribution is 5.89. The summed E-state index contributed by atoms with van der Waals surface area (Å²) in [7, 11) is 0. The van der Waals surface area contributed by atoms with Crippen LogP contribution in [0.1, 0.15) is 34.3 Å². The molecule has 1 aliphatic heterocycles. The van der Waals surface area contributed by atoms with Crippen LogP contribution in [0.2, 0.25) is 0 Å². The molecule has 2 heterocycles. The van der Waals surface area contributed by atoms with Crippen LogP contribution in [0.4, 0.5) is 5.82 Å². The van der Waals surface area contributed by atoms with Gasteiger partial charge in [0.2, 0.25) is 0 Å². The molecule has 1 saturated heterocycles. The molecule has 1 atom stereocenters. The molecule has 0 bridgehead atoms. The van der Waals surface area contributed by atoms with Gasteiger partial charge in [-0.05, 0) is 49.2 Å².